The number of nitrogens with one attached hydrogen (secondary N) is 2. The van der Waals surface area contributed by atoms with Crippen molar-refractivity contribution < 1.29 is 4.79 Å². The molecular formula is C17H20ClIN4O. The molecule has 0 unspecified atom stereocenters. The van der Waals surface area contributed by atoms with Gasteiger partial charge in [0.25, 0.3) is 0 Å². The van der Waals surface area contributed by atoms with Gasteiger partial charge in [-0.2, -0.15) is 0 Å². The number of guanidine groups is 1. The Morgan fingerprint density at radius 2 is 1.67 bits per heavy atom. The zero-order chi connectivity index (χ0) is 16.7. The van der Waals surface area contributed by atoms with Crippen molar-refractivity contribution >= 4 is 47.4 Å². The van der Waals surface area contributed by atoms with Gasteiger partial charge >= 0.3 is 0 Å². The Balaban J connectivity index is 0.00000288. The highest BCUT2D eigenvalue weighted by Gasteiger charge is 2.03. The van der Waals surface area contributed by atoms with E-state index in [0.29, 0.717) is 29.6 Å². The molecule has 0 atom stereocenters. The average Bonchev–Trinajstić information content (AvgIpc) is 2.55. The van der Waals surface area contributed by atoms with Crippen LogP contribution in [0.25, 0.3) is 0 Å². The molecule has 0 aliphatic rings. The molecule has 0 heterocycles. The van der Waals surface area contributed by atoms with Crippen molar-refractivity contribution in [2.75, 3.05) is 7.05 Å². The van der Waals surface area contributed by atoms with Gasteiger partial charge in [0.05, 0.1) is 0 Å². The first-order valence-corrected chi connectivity index (χ1v) is 7.54. The van der Waals surface area contributed by atoms with E-state index in [2.05, 4.69) is 15.6 Å². The lowest BCUT2D eigenvalue weighted by Crippen LogP contribution is -2.36. The number of nitrogens with zero attached hydrogens (tertiary/aromatic N) is 1. The van der Waals surface area contributed by atoms with Crippen molar-refractivity contribution in [2.45, 2.75) is 13.1 Å². The zero-order valence-electron chi connectivity index (χ0n) is 13.3. The van der Waals surface area contributed by atoms with E-state index in [1.54, 1.807) is 25.2 Å². The first-order chi connectivity index (χ1) is 11.1. The predicted molar refractivity (Wildman–Crippen MR) is 109 cm³/mol. The lowest BCUT2D eigenvalue weighted by atomic mass is 10.1. The predicted octanol–water partition coefficient (Wildman–Crippen LogP) is 2.92. The normalized spacial score (nSPS) is 10.7. The summed E-state index contributed by atoms with van der Waals surface area (Å²) in [6.07, 6.45) is 0. The van der Waals surface area contributed by atoms with Crippen LogP contribution in [-0.4, -0.2) is 18.9 Å². The van der Waals surface area contributed by atoms with Crippen LogP contribution in [0, 0.1) is 0 Å². The smallest absolute Gasteiger partial charge is 0.248 e. The minimum atomic E-state index is -0.435. The highest BCUT2D eigenvalue weighted by atomic mass is 127. The summed E-state index contributed by atoms with van der Waals surface area (Å²) in [5.74, 6) is 0.227. The molecule has 1 amide bonds. The molecule has 24 heavy (non-hydrogen) atoms. The minimum Gasteiger partial charge on any atom is -0.366 e. The van der Waals surface area contributed by atoms with Gasteiger partial charge in [-0.25, -0.2) is 0 Å². The molecule has 0 radical (unpaired) electrons. The van der Waals surface area contributed by atoms with E-state index in [1.807, 2.05) is 30.3 Å². The summed E-state index contributed by atoms with van der Waals surface area (Å²) in [5.41, 5.74) is 7.79. The van der Waals surface area contributed by atoms with Gasteiger partial charge in [-0.1, -0.05) is 35.9 Å². The van der Waals surface area contributed by atoms with Crippen LogP contribution in [0.3, 0.4) is 0 Å². The second-order valence-electron chi connectivity index (χ2n) is 4.97. The van der Waals surface area contributed by atoms with E-state index in [4.69, 9.17) is 17.3 Å². The molecule has 2 aromatic carbocycles. The third-order valence-corrected chi connectivity index (χ3v) is 3.48. The molecular weight excluding hydrogens is 439 g/mol. The molecule has 128 valence electrons. The fourth-order valence-electron chi connectivity index (χ4n) is 2.07. The molecule has 0 bridgehead atoms. The molecule has 2 rings (SSSR count). The first kappa shape index (κ1) is 20.2. The fourth-order valence-corrected chi connectivity index (χ4v) is 2.29. The number of hydrogen-bond acceptors (Lipinski definition) is 2. The van der Waals surface area contributed by atoms with Gasteiger partial charge in [0, 0.05) is 30.7 Å². The SMILES string of the molecule is CN=C(NCc1cccc(Cl)c1)NCc1cccc(C(N)=O)c1.I. The van der Waals surface area contributed by atoms with Gasteiger partial charge in [-0.15, -0.1) is 24.0 Å². The van der Waals surface area contributed by atoms with Crippen LogP contribution in [0.2, 0.25) is 5.02 Å². The van der Waals surface area contributed by atoms with Crippen molar-refractivity contribution in [1.29, 1.82) is 0 Å². The summed E-state index contributed by atoms with van der Waals surface area (Å²) in [6, 6.07) is 14.8. The standard InChI is InChI=1S/C17H19ClN4O.HI/c1-20-17(22-11-13-5-3-7-15(18)9-13)21-10-12-4-2-6-14(8-12)16(19)23;/h2-9H,10-11H2,1H3,(H2,19,23)(H2,20,21,22);1H. The number of amides is 1. The topological polar surface area (TPSA) is 79.5 Å². The van der Waals surface area contributed by atoms with Gasteiger partial charge in [0.15, 0.2) is 5.96 Å². The number of aliphatic imine (C=N–C) groups is 1. The van der Waals surface area contributed by atoms with Crippen LogP contribution in [-0.2, 0) is 13.1 Å². The Hall–Kier alpha value is -1.80. The minimum absolute atomic E-state index is 0. The molecule has 0 spiro atoms. The fraction of sp³-hybridized carbons (Fsp3) is 0.176. The van der Waals surface area contributed by atoms with Crippen molar-refractivity contribution in [3.8, 4) is 0 Å². The molecule has 0 aromatic heterocycles. The summed E-state index contributed by atoms with van der Waals surface area (Å²) in [7, 11) is 1.70. The molecule has 0 saturated heterocycles. The molecule has 0 saturated carbocycles. The highest BCUT2D eigenvalue weighted by Crippen LogP contribution is 2.10. The second-order valence-corrected chi connectivity index (χ2v) is 5.41. The third-order valence-electron chi connectivity index (χ3n) is 3.24. The summed E-state index contributed by atoms with van der Waals surface area (Å²) in [6.45, 7) is 1.15. The number of benzene rings is 2. The van der Waals surface area contributed by atoms with Gasteiger partial charge in [-0.3, -0.25) is 9.79 Å². The van der Waals surface area contributed by atoms with Gasteiger partial charge in [0.1, 0.15) is 0 Å². The van der Waals surface area contributed by atoms with Crippen molar-refractivity contribution in [1.82, 2.24) is 10.6 Å². The molecule has 2 aromatic rings. The van der Waals surface area contributed by atoms with Gasteiger partial charge < -0.3 is 16.4 Å². The maximum absolute atomic E-state index is 11.2. The molecule has 5 nitrogen and oxygen atoms in total. The Morgan fingerprint density at radius 3 is 2.21 bits per heavy atom. The van der Waals surface area contributed by atoms with Crippen molar-refractivity contribution in [3.05, 3.63) is 70.2 Å². The van der Waals surface area contributed by atoms with E-state index in [1.165, 1.54) is 0 Å². The number of carbonyl (C=O) groups excluding carboxylic acids is 1. The summed E-state index contributed by atoms with van der Waals surface area (Å²) >= 11 is 5.96. The Labute approximate surface area is 163 Å². The van der Waals surface area contributed by atoms with E-state index in [-0.39, 0.29) is 24.0 Å². The number of nitrogens with two attached hydrogens (primary N) is 1. The highest BCUT2D eigenvalue weighted by molar-refractivity contribution is 14.0. The summed E-state index contributed by atoms with van der Waals surface area (Å²) < 4.78 is 0. The Kier molecular flexibility index (Phi) is 8.56. The quantitative estimate of drug-likeness (QED) is 0.366. The monoisotopic (exact) mass is 458 g/mol. The van der Waals surface area contributed by atoms with E-state index < -0.39 is 5.91 Å². The zero-order valence-corrected chi connectivity index (χ0v) is 16.3. The summed E-state index contributed by atoms with van der Waals surface area (Å²) in [5, 5.41) is 7.10. The molecule has 0 aliphatic carbocycles. The second kappa shape index (κ2) is 10.1. The van der Waals surface area contributed by atoms with Crippen LogP contribution in [0.15, 0.2) is 53.5 Å². The third kappa shape index (κ3) is 6.37. The molecule has 0 fully saturated rings. The maximum Gasteiger partial charge on any atom is 0.248 e. The summed E-state index contributed by atoms with van der Waals surface area (Å²) in [4.78, 5) is 15.4. The number of hydrogen-bond donors (Lipinski definition) is 3. The van der Waals surface area contributed by atoms with Crippen LogP contribution in [0.4, 0.5) is 0 Å². The van der Waals surface area contributed by atoms with Crippen LogP contribution >= 0.6 is 35.6 Å². The molecule has 7 heteroatoms. The first-order valence-electron chi connectivity index (χ1n) is 7.16. The molecule has 4 N–H and O–H groups in total. The van der Waals surface area contributed by atoms with E-state index >= 15 is 0 Å². The lowest BCUT2D eigenvalue weighted by molar-refractivity contribution is 0.1000. The van der Waals surface area contributed by atoms with Gasteiger partial charge in [-0.05, 0) is 35.4 Å². The lowest BCUT2D eigenvalue weighted by Gasteiger charge is -2.12. The number of rotatable bonds is 5. The number of halogens is 2. The van der Waals surface area contributed by atoms with Crippen molar-refractivity contribution in [3.63, 3.8) is 0 Å². The number of carbonyl (C=O) groups is 1. The average molecular weight is 459 g/mol. The maximum atomic E-state index is 11.2. The van der Waals surface area contributed by atoms with Crippen LogP contribution in [0.1, 0.15) is 21.5 Å². The van der Waals surface area contributed by atoms with E-state index in [0.717, 1.165) is 11.1 Å². The van der Waals surface area contributed by atoms with E-state index in [9.17, 15) is 4.79 Å². The van der Waals surface area contributed by atoms with Crippen LogP contribution < -0.4 is 16.4 Å². The largest absolute Gasteiger partial charge is 0.366 e. The Morgan fingerprint density at radius 1 is 1.08 bits per heavy atom. The van der Waals surface area contributed by atoms with Crippen molar-refractivity contribution in [2.24, 2.45) is 10.7 Å². The number of primary amides is 1. The molecule has 0 aliphatic heterocycles. The Bertz CT molecular complexity index is 721. The van der Waals surface area contributed by atoms with Crippen LogP contribution in [0.5, 0.6) is 0 Å². The van der Waals surface area contributed by atoms with Gasteiger partial charge in [0.2, 0.25) is 5.91 Å².